The maximum absolute atomic E-state index is 5.39. The van der Waals surface area contributed by atoms with Crippen LogP contribution in [0.5, 0.6) is 0 Å². The predicted octanol–water partition coefficient (Wildman–Crippen LogP) is 3.64. The molecule has 2 rings (SSSR count). The number of nitrogens with one attached hydrogen (secondary N) is 1. The lowest BCUT2D eigenvalue weighted by Crippen LogP contribution is -2.38. The lowest BCUT2D eigenvalue weighted by atomic mass is 10.1. The third kappa shape index (κ3) is 4.23. The first kappa shape index (κ1) is 14.9. The summed E-state index contributed by atoms with van der Waals surface area (Å²) in [6, 6.07) is 11.6. The minimum atomic E-state index is 0.314. The number of benzene rings is 1. The smallest absolute Gasteiger partial charge is 0.0657 e. The minimum absolute atomic E-state index is 0.314. The minimum Gasteiger partial charge on any atom is -0.383 e. The highest BCUT2D eigenvalue weighted by Crippen LogP contribution is 2.31. The summed E-state index contributed by atoms with van der Waals surface area (Å²) in [5.74, 6) is 1.21. The Morgan fingerprint density at radius 2 is 2.11 bits per heavy atom. The summed E-state index contributed by atoms with van der Waals surface area (Å²) in [5.41, 5.74) is 1.33. The van der Waals surface area contributed by atoms with Gasteiger partial charge in [-0.05, 0) is 24.2 Å². The molecule has 0 radical (unpaired) electrons. The number of hydrogen-bond donors (Lipinski definition) is 1. The van der Waals surface area contributed by atoms with Crippen molar-refractivity contribution in [3.63, 3.8) is 0 Å². The molecule has 3 heteroatoms. The Morgan fingerprint density at radius 3 is 2.79 bits per heavy atom. The first-order valence-electron chi connectivity index (χ1n) is 7.26. The van der Waals surface area contributed by atoms with E-state index in [9.17, 15) is 0 Å². The Balaban J connectivity index is 2.00. The maximum Gasteiger partial charge on any atom is 0.0657 e. The van der Waals surface area contributed by atoms with Gasteiger partial charge in [0.2, 0.25) is 0 Å². The van der Waals surface area contributed by atoms with Gasteiger partial charge in [-0.25, -0.2) is 0 Å². The van der Waals surface area contributed by atoms with Gasteiger partial charge >= 0.3 is 0 Å². The predicted molar refractivity (Wildman–Crippen MR) is 83.8 cm³/mol. The van der Waals surface area contributed by atoms with Crippen molar-refractivity contribution in [2.24, 2.45) is 0 Å². The molecule has 0 aliphatic heterocycles. The van der Waals surface area contributed by atoms with Crippen LogP contribution in [0.25, 0.3) is 0 Å². The molecular formula is C16H25NOS. The van der Waals surface area contributed by atoms with E-state index in [0.29, 0.717) is 12.1 Å². The number of methoxy groups -OCH3 is 1. The van der Waals surface area contributed by atoms with Crippen LogP contribution in [-0.2, 0) is 4.74 Å². The monoisotopic (exact) mass is 279 g/mol. The zero-order valence-corrected chi connectivity index (χ0v) is 12.8. The molecule has 3 unspecified atom stereocenters. The summed E-state index contributed by atoms with van der Waals surface area (Å²) in [6.45, 7) is 2.99. The van der Waals surface area contributed by atoms with Crippen molar-refractivity contribution < 1.29 is 4.74 Å². The van der Waals surface area contributed by atoms with E-state index < -0.39 is 0 Å². The van der Waals surface area contributed by atoms with Gasteiger partial charge in [0.1, 0.15) is 0 Å². The third-order valence-corrected chi connectivity index (χ3v) is 5.11. The zero-order valence-electron chi connectivity index (χ0n) is 12.0. The zero-order chi connectivity index (χ0) is 13.5. The molecule has 0 bridgehead atoms. The fourth-order valence-electron chi connectivity index (χ4n) is 2.88. The van der Waals surface area contributed by atoms with Crippen molar-refractivity contribution in [3.8, 4) is 0 Å². The molecule has 0 heterocycles. The molecule has 19 heavy (non-hydrogen) atoms. The second-order valence-corrected chi connectivity index (χ2v) is 6.63. The van der Waals surface area contributed by atoms with Crippen LogP contribution < -0.4 is 5.32 Å². The SMILES string of the molecule is CCSC1CCCC1NC(COC)c1ccccc1. The topological polar surface area (TPSA) is 21.3 Å². The van der Waals surface area contributed by atoms with E-state index in [4.69, 9.17) is 4.74 Å². The van der Waals surface area contributed by atoms with Crippen LogP contribution in [0.4, 0.5) is 0 Å². The summed E-state index contributed by atoms with van der Waals surface area (Å²) in [4.78, 5) is 0. The average molecular weight is 279 g/mol. The second-order valence-electron chi connectivity index (χ2n) is 5.12. The van der Waals surface area contributed by atoms with E-state index in [1.165, 1.54) is 30.6 Å². The maximum atomic E-state index is 5.39. The average Bonchev–Trinajstić information content (AvgIpc) is 2.87. The normalized spacial score (nSPS) is 24.5. The molecule has 2 nitrogen and oxygen atoms in total. The number of rotatable bonds is 7. The second kappa shape index (κ2) is 7.93. The summed E-state index contributed by atoms with van der Waals surface area (Å²) < 4.78 is 5.39. The van der Waals surface area contributed by atoms with E-state index in [0.717, 1.165) is 11.9 Å². The van der Waals surface area contributed by atoms with Crippen LogP contribution >= 0.6 is 11.8 Å². The van der Waals surface area contributed by atoms with Crippen LogP contribution in [-0.4, -0.2) is 30.8 Å². The Morgan fingerprint density at radius 1 is 1.32 bits per heavy atom. The van der Waals surface area contributed by atoms with Crippen molar-refractivity contribution in [2.75, 3.05) is 19.5 Å². The van der Waals surface area contributed by atoms with Crippen molar-refractivity contribution in [1.29, 1.82) is 0 Å². The van der Waals surface area contributed by atoms with Crippen LogP contribution in [0.15, 0.2) is 30.3 Å². The molecule has 1 aliphatic rings. The first-order chi connectivity index (χ1) is 9.35. The number of hydrogen-bond acceptors (Lipinski definition) is 3. The van der Waals surface area contributed by atoms with Crippen molar-refractivity contribution in [1.82, 2.24) is 5.32 Å². The van der Waals surface area contributed by atoms with Crippen LogP contribution in [0, 0.1) is 0 Å². The Hall–Kier alpha value is -0.510. The van der Waals surface area contributed by atoms with Crippen molar-refractivity contribution in [2.45, 2.75) is 43.5 Å². The molecule has 0 amide bonds. The summed E-state index contributed by atoms with van der Waals surface area (Å²) >= 11 is 2.10. The molecule has 1 aromatic rings. The molecule has 0 aromatic heterocycles. The van der Waals surface area contributed by atoms with Gasteiger partial charge in [-0.15, -0.1) is 0 Å². The van der Waals surface area contributed by atoms with Crippen molar-refractivity contribution in [3.05, 3.63) is 35.9 Å². The summed E-state index contributed by atoms with van der Waals surface area (Å²) in [5, 5.41) is 4.59. The molecule has 1 saturated carbocycles. The van der Waals surface area contributed by atoms with Gasteiger partial charge < -0.3 is 10.1 Å². The van der Waals surface area contributed by atoms with Gasteiger partial charge in [0.25, 0.3) is 0 Å². The van der Waals surface area contributed by atoms with Gasteiger partial charge in [-0.2, -0.15) is 11.8 Å². The largest absolute Gasteiger partial charge is 0.383 e. The summed E-state index contributed by atoms with van der Waals surface area (Å²) in [6.07, 6.45) is 4.00. The van der Waals surface area contributed by atoms with Gasteiger partial charge in [0, 0.05) is 18.4 Å². The van der Waals surface area contributed by atoms with Crippen LogP contribution in [0.1, 0.15) is 37.8 Å². The fraction of sp³-hybridized carbons (Fsp3) is 0.625. The molecule has 106 valence electrons. The van der Waals surface area contributed by atoms with E-state index in [2.05, 4.69) is 54.3 Å². The standard InChI is InChI=1S/C16H25NOS/c1-3-19-16-11-7-10-14(16)17-15(12-18-2)13-8-5-4-6-9-13/h4-6,8-9,14-17H,3,7,10-12H2,1-2H3. The molecule has 3 atom stereocenters. The third-order valence-electron chi connectivity index (χ3n) is 3.78. The highest BCUT2D eigenvalue weighted by atomic mass is 32.2. The molecule has 1 N–H and O–H groups in total. The molecular weight excluding hydrogens is 254 g/mol. The van der Waals surface area contributed by atoms with Gasteiger partial charge in [-0.3, -0.25) is 0 Å². The molecule has 1 aromatic carbocycles. The van der Waals surface area contributed by atoms with Gasteiger partial charge in [-0.1, -0.05) is 43.7 Å². The van der Waals surface area contributed by atoms with Crippen molar-refractivity contribution >= 4 is 11.8 Å². The molecule has 0 spiro atoms. The van der Waals surface area contributed by atoms with Gasteiger partial charge in [0.05, 0.1) is 12.6 Å². The molecule has 1 fully saturated rings. The Kier molecular flexibility index (Phi) is 6.21. The van der Waals surface area contributed by atoms with Crippen LogP contribution in [0.2, 0.25) is 0 Å². The van der Waals surface area contributed by atoms with E-state index in [1.807, 2.05) is 0 Å². The Bertz CT molecular complexity index is 357. The van der Waals surface area contributed by atoms with E-state index in [1.54, 1.807) is 7.11 Å². The highest BCUT2D eigenvalue weighted by molar-refractivity contribution is 7.99. The van der Waals surface area contributed by atoms with Crippen LogP contribution in [0.3, 0.4) is 0 Å². The summed E-state index contributed by atoms with van der Waals surface area (Å²) in [7, 11) is 1.78. The lowest BCUT2D eigenvalue weighted by molar-refractivity contribution is 0.161. The highest BCUT2D eigenvalue weighted by Gasteiger charge is 2.29. The van der Waals surface area contributed by atoms with E-state index in [-0.39, 0.29) is 0 Å². The molecule has 1 aliphatic carbocycles. The van der Waals surface area contributed by atoms with Gasteiger partial charge in [0.15, 0.2) is 0 Å². The Labute approximate surface area is 121 Å². The number of ether oxygens (including phenoxy) is 1. The number of thioether (sulfide) groups is 1. The first-order valence-corrected chi connectivity index (χ1v) is 8.31. The van der Waals surface area contributed by atoms with E-state index >= 15 is 0 Å². The fourth-order valence-corrected chi connectivity index (χ4v) is 4.09. The lowest BCUT2D eigenvalue weighted by Gasteiger charge is -2.27. The molecule has 0 saturated heterocycles. The quantitative estimate of drug-likeness (QED) is 0.823.